The van der Waals surface area contributed by atoms with Crippen molar-refractivity contribution in [1.29, 1.82) is 0 Å². The maximum Gasteiger partial charge on any atom is 0.338 e. The molecule has 1 aliphatic rings. The molecule has 2 aromatic rings. The molecular weight excluding hydrogens is 318 g/mol. The van der Waals surface area contributed by atoms with Gasteiger partial charge in [0.2, 0.25) is 0 Å². The molecule has 25 heavy (non-hydrogen) atoms. The molecule has 1 heterocycles. The summed E-state index contributed by atoms with van der Waals surface area (Å²) >= 11 is 0. The molecule has 5 heteroatoms. The number of para-hydroxylation sites is 1. The summed E-state index contributed by atoms with van der Waals surface area (Å²) in [7, 11) is 0. The zero-order valence-corrected chi connectivity index (χ0v) is 14.2. The van der Waals surface area contributed by atoms with E-state index in [0.717, 1.165) is 28.1 Å². The van der Waals surface area contributed by atoms with Gasteiger partial charge in [-0.3, -0.25) is 4.79 Å². The van der Waals surface area contributed by atoms with Crippen molar-refractivity contribution in [3.8, 4) is 5.75 Å². The third kappa shape index (κ3) is 4.07. The van der Waals surface area contributed by atoms with Crippen LogP contribution >= 0.6 is 0 Å². The van der Waals surface area contributed by atoms with Gasteiger partial charge in [0.15, 0.2) is 6.61 Å². The zero-order valence-electron chi connectivity index (χ0n) is 14.2. The number of rotatable bonds is 4. The molecule has 128 valence electrons. The molecule has 0 radical (unpaired) electrons. The normalized spacial score (nSPS) is 12.5. The zero-order chi connectivity index (χ0) is 17.8. The highest BCUT2D eigenvalue weighted by molar-refractivity contribution is 5.98. The minimum absolute atomic E-state index is 0.133. The number of esters is 1. The highest BCUT2D eigenvalue weighted by Crippen LogP contribution is 2.26. The first-order chi connectivity index (χ1) is 12.0. The van der Waals surface area contributed by atoms with Crippen LogP contribution in [-0.4, -0.2) is 25.1 Å². The van der Waals surface area contributed by atoms with Crippen molar-refractivity contribution in [2.24, 2.45) is 0 Å². The summed E-state index contributed by atoms with van der Waals surface area (Å²) in [5, 5.41) is 2.76. The van der Waals surface area contributed by atoms with Crippen LogP contribution in [0, 0.1) is 13.8 Å². The summed E-state index contributed by atoms with van der Waals surface area (Å²) in [6.07, 6.45) is 1.73. The van der Waals surface area contributed by atoms with E-state index < -0.39 is 5.97 Å². The number of aryl methyl sites for hydroxylation is 2. The molecular formula is C20H19NO4. The van der Waals surface area contributed by atoms with Gasteiger partial charge >= 0.3 is 5.97 Å². The van der Waals surface area contributed by atoms with Gasteiger partial charge in [-0.05, 0) is 43.2 Å². The second kappa shape index (κ2) is 7.21. The fourth-order valence-corrected chi connectivity index (χ4v) is 2.51. The monoisotopic (exact) mass is 337 g/mol. The Labute approximate surface area is 146 Å². The third-order valence-electron chi connectivity index (χ3n) is 3.90. The predicted octanol–water partition coefficient (Wildman–Crippen LogP) is 3.26. The average molecular weight is 337 g/mol. The first-order valence-electron chi connectivity index (χ1n) is 7.99. The van der Waals surface area contributed by atoms with E-state index in [4.69, 9.17) is 9.47 Å². The number of ether oxygens (including phenoxy) is 2. The number of benzene rings is 2. The summed E-state index contributed by atoms with van der Waals surface area (Å²) < 4.78 is 10.6. The molecule has 1 N–H and O–H groups in total. The van der Waals surface area contributed by atoms with Gasteiger partial charge in [-0.1, -0.05) is 30.3 Å². The van der Waals surface area contributed by atoms with Gasteiger partial charge in [0, 0.05) is 11.3 Å². The summed E-state index contributed by atoms with van der Waals surface area (Å²) in [5.74, 6) is -0.197. The summed E-state index contributed by atoms with van der Waals surface area (Å²) in [4.78, 5) is 24.2. The van der Waals surface area contributed by atoms with Crippen molar-refractivity contribution < 1.29 is 19.1 Å². The van der Waals surface area contributed by atoms with E-state index >= 15 is 0 Å². The van der Waals surface area contributed by atoms with Crippen LogP contribution in [0.1, 0.15) is 16.7 Å². The Bertz CT molecular complexity index is 855. The Morgan fingerprint density at radius 1 is 1.16 bits per heavy atom. The quantitative estimate of drug-likeness (QED) is 0.870. The lowest BCUT2D eigenvalue weighted by Crippen LogP contribution is -2.24. The molecule has 2 aromatic carbocycles. The van der Waals surface area contributed by atoms with E-state index in [9.17, 15) is 9.59 Å². The molecule has 0 saturated heterocycles. The molecule has 0 aromatic heterocycles. The van der Waals surface area contributed by atoms with Gasteiger partial charge < -0.3 is 14.8 Å². The number of nitrogens with one attached hydrogen (secondary N) is 1. The first-order valence-corrected chi connectivity index (χ1v) is 7.99. The smallest absolute Gasteiger partial charge is 0.338 e. The van der Waals surface area contributed by atoms with Crippen LogP contribution in [0.15, 0.2) is 48.0 Å². The lowest BCUT2D eigenvalue weighted by molar-refractivity contribution is -0.143. The molecule has 0 bridgehead atoms. The van der Waals surface area contributed by atoms with Crippen molar-refractivity contribution in [2.75, 3.05) is 18.5 Å². The largest absolute Gasteiger partial charge is 0.488 e. The highest BCUT2D eigenvalue weighted by atomic mass is 16.5. The lowest BCUT2D eigenvalue weighted by atomic mass is 10.1. The topological polar surface area (TPSA) is 64.6 Å². The number of carbonyl (C=O) groups excluding carboxylic acids is 2. The van der Waals surface area contributed by atoms with Crippen molar-refractivity contribution in [3.05, 3.63) is 64.7 Å². The molecule has 0 saturated carbocycles. The predicted molar refractivity (Wildman–Crippen MR) is 95.4 cm³/mol. The molecule has 0 fully saturated rings. The van der Waals surface area contributed by atoms with Crippen LogP contribution in [0.2, 0.25) is 0 Å². The van der Waals surface area contributed by atoms with Crippen LogP contribution < -0.4 is 10.1 Å². The van der Waals surface area contributed by atoms with Gasteiger partial charge in [0.1, 0.15) is 12.4 Å². The minimum atomic E-state index is -0.550. The summed E-state index contributed by atoms with van der Waals surface area (Å²) in [6, 6.07) is 13.2. The Morgan fingerprint density at radius 3 is 2.80 bits per heavy atom. The third-order valence-corrected chi connectivity index (χ3v) is 3.90. The summed E-state index contributed by atoms with van der Waals surface area (Å²) in [6.45, 7) is 3.64. The van der Waals surface area contributed by atoms with Gasteiger partial charge in [-0.2, -0.15) is 0 Å². The second-order valence-electron chi connectivity index (χ2n) is 5.94. The number of hydrogen-bond donors (Lipinski definition) is 1. The molecule has 0 spiro atoms. The Kier molecular flexibility index (Phi) is 4.84. The Hall–Kier alpha value is -3.08. The summed E-state index contributed by atoms with van der Waals surface area (Å²) in [5.41, 5.74) is 3.92. The number of carbonyl (C=O) groups is 2. The van der Waals surface area contributed by atoms with E-state index in [2.05, 4.69) is 5.32 Å². The van der Waals surface area contributed by atoms with Crippen LogP contribution in [0.5, 0.6) is 5.75 Å². The van der Waals surface area contributed by atoms with Crippen LogP contribution in [0.25, 0.3) is 6.08 Å². The van der Waals surface area contributed by atoms with E-state index in [0.29, 0.717) is 5.57 Å². The van der Waals surface area contributed by atoms with Gasteiger partial charge in [-0.15, -0.1) is 0 Å². The standard InChI is InChI=1S/C20H19NO4/c1-13-7-8-14(2)17(9-13)21-19(22)12-25-20(23)16-10-15-5-3-4-6-18(15)24-11-16/h3-10H,11-12H2,1-2H3,(H,21,22). The Morgan fingerprint density at radius 2 is 1.96 bits per heavy atom. The second-order valence-corrected chi connectivity index (χ2v) is 5.94. The van der Waals surface area contributed by atoms with Crippen molar-refractivity contribution >= 4 is 23.6 Å². The van der Waals surface area contributed by atoms with E-state index in [1.165, 1.54) is 0 Å². The Balaban J connectivity index is 1.58. The van der Waals surface area contributed by atoms with Crippen molar-refractivity contribution in [2.45, 2.75) is 13.8 Å². The highest BCUT2D eigenvalue weighted by Gasteiger charge is 2.19. The van der Waals surface area contributed by atoms with Crippen LogP contribution in [-0.2, 0) is 14.3 Å². The molecule has 1 aliphatic heterocycles. The fourth-order valence-electron chi connectivity index (χ4n) is 2.51. The van der Waals surface area contributed by atoms with Crippen LogP contribution in [0.4, 0.5) is 5.69 Å². The minimum Gasteiger partial charge on any atom is -0.488 e. The van der Waals surface area contributed by atoms with Gasteiger partial charge in [0.05, 0.1) is 5.57 Å². The maximum atomic E-state index is 12.1. The van der Waals surface area contributed by atoms with Crippen molar-refractivity contribution in [3.63, 3.8) is 0 Å². The van der Waals surface area contributed by atoms with E-state index in [-0.39, 0.29) is 19.1 Å². The lowest BCUT2D eigenvalue weighted by Gasteiger charge is -2.17. The van der Waals surface area contributed by atoms with Gasteiger partial charge in [-0.25, -0.2) is 4.79 Å². The molecule has 3 rings (SSSR count). The molecule has 0 atom stereocenters. The molecule has 1 amide bonds. The molecule has 0 aliphatic carbocycles. The first kappa shape index (κ1) is 16.8. The fraction of sp³-hybridized carbons (Fsp3) is 0.200. The number of fused-ring (bicyclic) bond motifs is 1. The van der Waals surface area contributed by atoms with Gasteiger partial charge in [0.25, 0.3) is 5.91 Å². The van der Waals surface area contributed by atoms with E-state index in [1.807, 2.05) is 56.3 Å². The van der Waals surface area contributed by atoms with Crippen LogP contribution in [0.3, 0.4) is 0 Å². The molecule has 0 unspecified atom stereocenters. The average Bonchev–Trinajstić information content (AvgIpc) is 2.62. The number of anilines is 1. The number of amides is 1. The van der Waals surface area contributed by atoms with E-state index in [1.54, 1.807) is 6.08 Å². The maximum absolute atomic E-state index is 12.1. The van der Waals surface area contributed by atoms with Crippen molar-refractivity contribution in [1.82, 2.24) is 0 Å². The number of hydrogen-bond acceptors (Lipinski definition) is 4. The molecule has 5 nitrogen and oxygen atoms in total. The SMILES string of the molecule is Cc1ccc(C)c(NC(=O)COC(=O)C2=Cc3ccccc3OC2)c1.